The van der Waals surface area contributed by atoms with Crippen molar-refractivity contribution in [1.82, 2.24) is 9.55 Å². The van der Waals surface area contributed by atoms with Gasteiger partial charge in [0.2, 0.25) is 0 Å². The summed E-state index contributed by atoms with van der Waals surface area (Å²) in [4.78, 5) is 17.8. The van der Waals surface area contributed by atoms with E-state index in [1.165, 1.54) is 0 Å². The molecule has 1 aromatic carbocycles. The van der Waals surface area contributed by atoms with Gasteiger partial charge < -0.3 is 0 Å². The Morgan fingerprint density at radius 3 is 2.73 bits per heavy atom. The van der Waals surface area contributed by atoms with Crippen molar-refractivity contribution in [2.24, 2.45) is 0 Å². The molecule has 0 aliphatic rings. The van der Waals surface area contributed by atoms with Crippen molar-refractivity contribution in [3.63, 3.8) is 0 Å². The molecule has 0 spiro atoms. The Morgan fingerprint density at radius 1 is 1.41 bits per heavy atom. The second kappa shape index (κ2) is 6.56. The minimum absolute atomic E-state index is 0.0392. The number of aromatic nitrogens is 2. The van der Waals surface area contributed by atoms with Crippen LogP contribution in [0.5, 0.6) is 0 Å². The van der Waals surface area contributed by atoms with Crippen LogP contribution in [0, 0.1) is 6.92 Å². The molecule has 0 aliphatic heterocycles. The summed E-state index contributed by atoms with van der Waals surface area (Å²) in [5.74, 6) is 0.765. The molecular weight excluding hydrogens is 272 g/mol. The van der Waals surface area contributed by atoms with E-state index < -0.39 is 0 Å². The third kappa shape index (κ3) is 2.80. The molecule has 0 radical (unpaired) electrons. The van der Waals surface area contributed by atoms with Crippen LogP contribution in [0.3, 0.4) is 0 Å². The van der Waals surface area contributed by atoms with E-state index in [4.69, 9.17) is 4.98 Å². The smallest absolute Gasteiger partial charge is 0.266 e. The van der Waals surface area contributed by atoms with Gasteiger partial charge in [0.25, 0.3) is 5.56 Å². The Morgan fingerprint density at radius 2 is 2.14 bits per heavy atom. The Labute approximate surface area is 131 Å². The molecule has 3 nitrogen and oxygen atoms in total. The van der Waals surface area contributed by atoms with E-state index in [2.05, 4.69) is 20.1 Å². The Kier molecular flexibility index (Phi) is 4.76. The lowest BCUT2D eigenvalue weighted by Crippen LogP contribution is -2.25. The highest BCUT2D eigenvalue weighted by Gasteiger charge is 2.15. The Bertz CT molecular complexity index is 825. The summed E-state index contributed by atoms with van der Waals surface area (Å²) < 4.78 is 1.68. The van der Waals surface area contributed by atoms with Crippen molar-refractivity contribution in [3.05, 3.63) is 70.8 Å². The van der Waals surface area contributed by atoms with Gasteiger partial charge in [-0.25, -0.2) is 4.98 Å². The van der Waals surface area contributed by atoms with Crippen molar-refractivity contribution in [2.45, 2.75) is 33.6 Å². The second-order valence-electron chi connectivity index (χ2n) is 5.46. The Hall–Kier alpha value is -2.42. The number of hydrogen-bond donors (Lipinski definition) is 0. The fourth-order valence-electron chi connectivity index (χ4n) is 2.60. The quantitative estimate of drug-likeness (QED) is 0.772. The van der Waals surface area contributed by atoms with E-state index >= 15 is 0 Å². The van der Waals surface area contributed by atoms with E-state index in [0.717, 1.165) is 41.0 Å². The summed E-state index contributed by atoms with van der Waals surface area (Å²) in [6.45, 7) is 13.6. The zero-order valence-corrected chi connectivity index (χ0v) is 13.5. The monoisotopic (exact) mass is 294 g/mol. The van der Waals surface area contributed by atoms with Gasteiger partial charge in [0, 0.05) is 6.42 Å². The lowest BCUT2D eigenvalue weighted by molar-refractivity contribution is 0.782. The van der Waals surface area contributed by atoms with Crippen molar-refractivity contribution in [1.29, 1.82) is 0 Å². The minimum atomic E-state index is -0.0392. The van der Waals surface area contributed by atoms with Crippen molar-refractivity contribution in [2.75, 3.05) is 0 Å². The molecule has 0 saturated heterocycles. The van der Waals surface area contributed by atoms with Gasteiger partial charge in [0.15, 0.2) is 0 Å². The molecule has 0 N–H and O–H groups in total. The van der Waals surface area contributed by atoms with E-state index in [1.54, 1.807) is 10.6 Å². The average Bonchev–Trinajstić information content (AvgIpc) is 2.46. The molecule has 0 atom stereocenters. The summed E-state index contributed by atoms with van der Waals surface area (Å²) in [7, 11) is 0. The Balaban J connectivity index is 2.94. The molecule has 0 fully saturated rings. The van der Waals surface area contributed by atoms with Gasteiger partial charge in [0.05, 0.1) is 16.6 Å². The summed E-state index contributed by atoms with van der Waals surface area (Å²) >= 11 is 0. The van der Waals surface area contributed by atoms with Crippen LogP contribution in [0.25, 0.3) is 16.6 Å². The lowest BCUT2D eigenvalue weighted by atomic mass is 10.1. The maximum Gasteiger partial charge on any atom is 0.266 e. The third-order valence-corrected chi connectivity index (χ3v) is 3.60. The molecule has 0 saturated carbocycles. The summed E-state index contributed by atoms with van der Waals surface area (Å²) in [6.07, 6.45) is 5.14. The van der Waals surface area contributed by atoms with Crippen LogP contribution in [-0.2, 0) is 6.42 Å². The first-order valence-corrected chi connectivity index (χ1v) is 7.51. The van der Waals surface area contributed by atoms with Crippen molar-refractivity contribution in [3.8, 4) is 0 Å². The van der Waals surface area contributed by atoms with Crippen LogP contribution >= 0.6 is 0 Å². The van der Waals surface area contributed by atoms with Gasteiger partial charge in [-0.1, -0.05) is 38.3 Å². The summed E-state index contributed by atoms with van der Waals surface area (Å²) in [5, 5.41) is 0.665. The van der Waals surface area contributed by atoms with E-state index in [0.29, 0.717) is 5.39 Å². The van der Waals surface area contributed by atoms with Crippen LogP contribution < -0.4 is 5.56 Å². The highest BCUT2D eigenvalue weighted by Crippen LogP contribution is 2.19. The first kappa shape index (κ1) is 16.0. The van der Waals surface area contributed by atoms with Crippen LogP contribution in [0.2, 0.25) is 0 Å². The van der Waals surface area contributed by atoms with Crippen LogP contribution in [-0.4, -0.2) is 9.55 Å². The molecule has 0 bridgehead atoms. The lowest BCUT2D eigenvalue weighted by Gasteiger charge is -2.17. The first-order valence-electron chi connectivity index (χ1n) is 7.51. The van der Waals surface area contributed by atoms with Crippen LogP contribution in [0.1, 0.15) is 31.7 Å². The molecular formula is C19H22N2O. The van der Waals surface area contributed by atoms with Crippen molar-refractivity contribution >= 4 is 16.6 Å². The van der Waals surface area contributed by atoms with E-state index in [1.807, 2.05) is 38.1 Å². The minimum Gasteiger partial charge on any atom is -0.268 e. The summed E-state index contributed by atoms with van der Waals surface area (Å²) in [6, 6.07) is 5.77. The molecule has 1 heterocycles. The van der Waals surface area contributed by atoms with Crippen LogP contribution in [0.4, 0.5) is 0 Å². The molecule has 0 unspecified atom stereocenters. The van der Waals surface area contributed by atoms with Gasteiger partial charge in [-0.05, 0) is 43.5 Å². The normalized spacial score (nSPS) is 11.7. The molecule has 0 aliphatic carbocycles. The topological polar surface area (TPSA) is 34.9 Å². The molecule has 22 heavy (non-hydrogen) atoms. The molecule has 0 amide bonds. The number of hydrogen-bond acceptors (Lipinski definition) is 2. The fraction of sp³-hybridized carbons (Fsp3) is 0.263. The van der Waals surface area contributed by atoms with E-state index in [9.17, 15) is 4.79 Å². The SMILES string of the molecule is C=C/C=C(\C(=C)C)n1c(CCC)nc2cccc(C)c2c1=O. The standard InChI is InChI=1S/C19H22N2O/c1-6-9-16(13(3)4)21-17(10-7-2)20-15-12-8-11-14(5)18(15)19(21)22/h6,8-9,11-12H,1,3,7,10H2,2,4-5H3/b16-9+. The highest BCUT2D eigenvalue weighted by atomic mass is 16.1. The first-order chi connectivity index (χ1) is 10.5. The van der Waals surface area contributed by atoms with Crippen LogP contribution in [0.15, 0.2) is 53.9 Å². The fourth-order valence-corrected chi connectivity index (χ4v) is 2.60. The predicted octanol–water partition coefficient (Wildman–Crippen LogP) is 4.26. The zero-order valence-electron chi connectivity index (χ0n) is 13.5. The molecule has 114 valence electrons. The predicted molar refractivity (Wildman–Crippen MR) is 94.0 cm³/mol. The maximum atomic E-state index is 13.1. The van der Waals surface area contributed by atoms with E-state index in [-0.39, 0.29) is 5.56 Å². The molecule has 2 rings (SSSR count). The number of rotatable bonds is 5. The zero-order chi connectivity index (χ0) is 16.3. The van der Waals surface area contributed by atoms with Crippen molar-refractivity contribution < 1.29 is 0 Å². The average molecular weight is 294 g/mol. The third-order valence-electron chi connectivity index (χ3n) is 3.60. The maximum absolute atomic E-state index is 13.1. The number of aryl methyl sites for hydroxylation is 2. The molecule has 3 heteroatoms. The van der Waals surface area contributed by atoms with Gasteiger partial charge in [-0.2, -0.15) is 0 Å². The van der Waals surface area contributed by atoms with Gasteiger partial charge in [-0.3, -0.25) is 9.36 Å². The summed E-state index contributed by atoms with van der Waals surface area (Å²) in [5.41, 5.74) is 3.22. The molecule has 1 aromatic heterocycles. The largest absolute Gasteiger partial charge is 0.268 e. The number of fused-ring (bicyclic) bond motifs is 1. The number of allylic oxidation sites excluding steroid dienone is 4. The van der Waals surface area contributed by atoms with Gasteiger partial charge >= 0.3 is 0 Å². The highest BCUT2D eigenvalue weighted by molar-refractivity contribution is 5.82. The molecule has 2 aromatic rings. The number of benzene rings is 1. The number of nitrogens with zero attached hydrogens (tertiary/aromatic N) is 2. The van der Waals surface area contributed by atoms with Gasteiger partial charge in [-0.15, -0.1) is 0 Å². The second-order valence-corrected chi connectivity index (χ2v) is 5.46. The van der Waals surface area contributed by atoms with Gasteiger partial charge in [0.1, 0.15) is 5.82 Å².